The summed E-state index contributed by atoms with van der Waals surface area (Å²) in [6.45, 7) is 6.88. The van der Waals surface area contributed by atoms with E-state index in [0.29, 0.717) is 5.92 Å². The van der Waals surface area contributed by atoms with Crippen molar-refractivity contribution in [1.82, 2.24) is 0 Å². The van der Waals surface area contributed by atoms with E-state index in [9.17, 15) is 13.2 Å². The molecule has 25 heavy (non-hydrogen) atoms. The molecule has 1 nitrogen and oxygen atoms in total. The largest absolute Gasteiger partial charge is 0.573 e. The summed E-state index contributed by atoms with van der Waals surface area (Å²) in [4.78, 5) is 0. The average molecular weight is 356 g/mol. The number of rotatable bonds is 7. The van der Waals surface area contributed by atoms with Gasteiger partial charge in [-0.3, -0.25) is 0 Å². The quantitative estimate of drug-likeness (QED) is 0.497. The standard InChI is InChI=1S/C21H31F3O/c1-4-16(6-5-15(2)3)17-7-9-18(10-8-17)19-11-13-20(14-12-19)25-21(22,23)24/h11-18H,4-10H2,1-3H3. The van der Waals surface area contributed by atoms with Gasteiger partial charge < -0.3 is 4.74 Å². The van der Waals surface area contributed by atoms with Crippen molar-refractivity contribution in [2.24, 2.45) is 17.8 Å². The monoisotopic (exact) mass is 356 g/mol. The van der Waals surface area contributed by atoms with Gasteiger partial charge in [0.25, 0.3) is 0 Å². The molecule has 0 saturated heterocycles. The number of hydrogen-bond donors (Lipinski definition) is 0. The van der Waals surface area contributed by atoms with Crippen LogP contribution >= 0.6 is 0 Å². The van der Waals surface area contributed by atoms with E-state index in [1.807, 2.05) is 0 Å². The number of ether oxygens (including phenoxy) is 1. The lowest BCUT2D eigenvalue weighted by Gasteiger charge is -2.34. The Morgan fingerprint density at radius 2 is 1.60 bits per heavy atom. The number of alkyl halides is 3. The summed E-state index contributed by atoms with van der Waals surface area (Å²) in [5, 5.41) is 0. The summed E-state index contributed by atoms with van der Waals surface area (Å²) in [6.07, 6.45) is 4.02. The lowest BCUT2D eigenvalue weighted by Crippen LogP contribution is -2.21. The second kappa shape index (κ2) is 8.95. The van der Waals surface area contributed by atoms with Crippen molar-refractivity contribution in [3.05, 3.63) is 29.8 Å². The van der Waals surface area contributed by atoms with Crippen molar-refractivity contribution < 1.29 is 17.9 Å². The van der Waals surface area contributed by atoms with Crippen LogP contribution in [0.15, 0.2) is 24.3 Å². The van der Waals surface area contributed by atoms with E-state index >= 15 is 0 Å². The van der Waals surface area contributed by atoms with Gasteiger partial charge in [0.2, 0.25) is 0 Å². The predicted octanol–water partition coefficient (Wildman–Crippen LogP) is 7.32. The van der Waals surface area contributed by atoms with E-state index in [0.717, 1.165) is 36.2 Å². The normalized spacial score (nSPS) is 22.8. The van der Waals surface area contributed by atoms with Crippen LogP contribution in [0.4, 0.5) is 13.2 Å². The van der Waals surface area contributed by atoms with Gasteiger partial charge in [0, 0.05) is 0 Å². The third-order valence-electron chi connectivity index (χ3n) is 5.66. The van der Waals surface area contributed by atoms with Gasteiger partial charge >= 0.3 is 6.36 Å². The Labute approximate surface area is 150 Å². The van der Waals surface area contributed by atoms with Crippen molar-refractivity contribution in [3.8, 4) is 5.75 Å². The molecule has 1 unspecified atom stereocenters. The molecule has 2 rings (SSSR count). The Balaban J connectivity index is 1.86. The van der Waals surface area contributed by atoms with Gasteiger partial charge in [0.05, 0.1) is 0 Å². The summed E-state index contributed by atoms with van der Waals surface area (Å²) in [5.74, 6) is 2.74. The highest BCUT2D eigenvalue weighted by Crippen LogP contribution is 2.41. The molecule has 1 aromatic rings. The van der Waals surface area contributed by atoms with Crippen molar-refractivity contribution in [2.75, 3.05) is 0 Å². The molecule has 0 amide bonds. The Hall–Kier alpha value is -1.19. The SMILES string of the molecule is CCC(CCC(C)C)C1CCC(c2ccc(OC(F)(F)F)cc2)CC1. The fourth-order valence-electron chi connectivity index (χ4n) is 4.19. The van der Waals surface area contributed by atoms with Gasteiger partial charge in [0.15, 0.2) is 0 Å². The van der Waals surface area contributed by atoms with Crippen LogP contribution in [0.5, 0.6) is 5.75 Å². The Bertz CT molecular complexity index is 499. The molecule has 142 valence electrons. The van der Waals surface area contributed by atoms with Gasteiger partial charge in [-0.15, -0.1) is 13.2 Å². The second-order valence-corrected chi connectivity index (χ2v) is 7.87. The first-order valence-corrected chi connectivity index (χ1v) is 9.64. The molecule has 4 heteroatoms. The first-order valence-electron chi connectivity index (χ1n) is 9.64. The number of benzene rings is 1. The van der Waals surface area contributed by atoms with E-state index in [1.165, 1.54) is 44.2 Å². The number of hydrogen-bond acceptors (Lipinski definition) is 1. The Morgan fingerprint density at radius 3 is 2.08 bits per heavy atom. The molecular weight excluding hydrogens is 325 g/mol. The minimum absolute atomic E-state index is 0.135. The first kappa shape index (κ1) is 20.1. The van der Waals surface area contributed by atoms with E-state index in [2.05, 4.69) is 25.5 Å². The molecule has 1 saturated carbocycles. The zero-order valence-electron chi connectivity index (χ0n) is 15.6. The first-order chi connectivity index (χ1) is 11.8. The van der Waals surface area contributed by atoms with Crippen molar-refractivity contribution in [1.29, 1.82) is 0 Å². The third kappa shape index (κ3) is 6.56. The lowest BCUT2D eigenvalue weighted by molar-refractivity contribution is -0.274. The van der Waals surface area contributed by atoms with Crippen LogP contribution in [0.2, 0.25) is 0 Å². The van der Waals surface area contributed by atoms with E-state index < -0.39 is 6.36 Å². The molecule has 1 aliphatic rings. The van der Waals surface area contributed by atoms with Gasteiger partial charge in [-0.2, -0.15) is 0 Å². The van der Waals surface area contributed by atoms with Gasteiger partial charge in [-0.1, -0.05) is 45.7 Å². The molecule has 0 bridgehead atoms. The summed E-state index contributed by atoms with van der Waals surface area (Å²) in [5.41, 5.74) is 1.14. The number of halogens is 3. The summed E-state index contributed by atoms with van der Waals surface area (Å²) < 4.78 is 40.7. The van der Waals surface area contributed by atoms with Crippen LogP contribution < -0.4 is 4.74 Å². The zero-order chi connectivity index (χ0) is 18.4. The molecular formula is C21H31F3O. The summed E-state index contributed by atoms with van der Waals surface area (Å²) in [6, 6.07) is 6.46. The highest BCUT2D eigenvalue weighted by molar-refractivity contribution is 5.29. The summed E-state index contributed by atoms with van der Waals surface area (Å²) >= 11 is 0. The highest BCUT2D eigenvalue weighted by Gasteiger charge is 2.31. The summed E-state index contributed by atoms with van der Waals surface area (Å²) in [7, 11) is 0. The highest BCUT2D eigenvalue weighted by atomic mass is 19.4. The minimum atomic E-state index is -4.62. The molecule has 1 fully saturated rings. The molecule has 0 aromatic heterocycles. The fourth-order valence-corrected chi connectivity index (χ4v) is 4.19. The third-order valence-corrected chi connectivity index (χ3v) is 5.66. The van der Waals surface area contributed by atoms with Crippen LogP contribution in [0.3, 0.4) is 0 Å². The maximum Gasteiger partial charge on any atom is 0.573 e. The maximum absolute atomic E-state index is 12.2. The average Bonchev–Trinajstić information content (AvgIpc) is 2.55. The smallest absolute Gasteiger partial charge is 0.406 e. The van der Waals surface area contributed by atoms with E-state index in [4.69, 9.17) is 0 Å². The van der Waals surface area contributed by atoms with Crippen molar-refractivity contribution in [3.63, 3.8) is 0 Å². The van der Waals surface area contributed by atoms with Crippen molar-refractivity contribution in [2.45, 2.75) is 78.0 Å². The van der Waals surface area contributed by atoms with Crippen molar-refractivity contribution >= 4 is 0 Å². The molecule has 1 atom stereocenters. The van der Waals surface area contributed by atoms with Gasteiger partial charge in [-0.05, 0) is 73.5 Å². The van der Waals surface area contributed by atoms with E-state index in [1.54, 1.807) is 12.1 Å². The van der Waals surface area contributed by atoms with Crippen LogP contribution in [0.1, 0.15) is 77.2 Å². The van der Waals surface area contributed by atoms with Crippen LogP contribution in [-0.2, 0) is 0 Å². The molecule has 1 aliphatic carbocycles. The van der Waals surface area contributed by atoms with Gasteiger partial charge in [-0.25, -0.2) is 0 Å². The molecule has 0 spiro atoms. The molecule has 0 N–H and O–H groups in total. The maximum atomic E-state index is 12.2. The van der Waals surface area contributed by atoms with Crippen LogP contribution in [0.25, 0.3) is 0 Å². The molecule has 0 radical (unpaired) electrons. The van der Waals surface area contributed by atoms with Crippen LogP contribution in [0, 0.1) is 17.8 Å². The Kier molecular flexibility index (Phi) is 7.21. The predicted molar refractivity (Wildman–Crippen MR) is 95.7 cm³/mol. The molecule has 1 aromatic carbocycles. The minimum Gasteiger partial charge on any atom is -0.406 e. The lowest BCUT2D eigenvalue weighted by atomic mass is 9.71. The topological polar surface area (TPSA) is 9.23 Å². The van der Waals surface area contributed by atoms with Gasteiger partial charge in [0.1, 0.15) is 5.75 Å². The molecule has 0 heterocycles. The fraction of sp³-hybridized carbons (Fsp3) is 0.714. The molecule has 0 aliphatic heterocycles. The second-order valence-electron chi connectivity index (χ2n) is 7.87. The van der Waals surface area contributed by atoms with E-state index in [-0.39, 0.29) is 5.75 Å². The van der Waals surface area contributed by atoms with Crippen LogP contribution in [-0.4, -0.2) is 6.36 Å². The zero-order valence-corrected chi connectivity index (χ0v) is 15.6. The Morgan fingerprint density at radius 1 is 1.00 bits per heavy atom.